The van der Waals surface area contributed by atoms with E-state index in [4.69, 9.17) is 5.11 Å². The van der Waals surface area contributed by atoms with E-state index in [0.29, 0.717) is 6.42 Å². The Balaban J connectivity index is 2.32. The monoisotopic (exact) mass is 266 g/mol. The molecule has 0 spiro atoms. The minimum atomic E-state index is -1.11. The first-order valence-corrected chi connectivity index (χ1v) is 6.75. The third kappa shape index (κ3) is 2.13. The highest BCUT2D eigenvalue weighted by Crippen LogP contribution is 2.54. The number of carboxylic acids is 1. The number of aliphatic carboxylic acids is 1. The van der Waals surface area contributed by atoms with E-state index in [0.717, 1.165) is 24.8 Å². The van der Waals surface area contributed by atoms with Crippen LogP contribution in [-0.4, -0.2) is 33.5 Å². The van der Waals surface area contributed by atoms with Crippen LogP contribution in [0.1, 0.15) is 32.6 Å². The molecule has 0 saturated heterocycles. The summed E-state index contributed by atoms with van der Waals surface area (Å²) < 4.78 is 0. The number of carboxylic acid groups (broad SMARTS) is 1. The summed E-state index contributed by atoms with van der Waals surface area (Å²) in [7, 11) is 0. The van der Waals surface area contributed by atoms with E-state index < -0.39 is 29.5 Å². The minimum absolute atomic E-state index is 0.0213. The van der Waals surface area contributed by atoms with Crippen molar-refractivity contribution in [2.75, 3.05) is 0 Å². The number of allylic oxidation sites excluding steroid dienone is 1. The van der Waals surface area contributed by atoms with Crippen LogP contribution in [0.4, 0.5) is 0 Å². The maximum atomic E-state index is 11.1. The van der Waals surface area contributed by atoms with Crippen LogP contribution in [0.5, 0.6) is 0 Å². The lowest BCUT2D eigenvalue weighted by atomic mass is 9.54. The van der Waals surface area contributed by atoms with Crippen LogP contribution < -0.4 is 0 Å². The molecule has 2 fully saturated rings. The summed E-state index contributed by atoms with van der Waals surface area (Å²) in [5.41, 5.74) is 0.638. The van der Waals surface area contributed by atoms with Gasteiger partial charge < -0.3 is 15.3 Å². The normalized spacial score (nSPS) is 42.6. The molecule has 106 valence electrons. The molecule has 0 aromatic rings. The van der Waals surface area contributed by atoms with Crippen molar-refractivity contribution in [1.82, 2.24) is 0 Å². The molecule has 5 atom stereocenters. The fourth-order valence-electron chi connectivity index (χ4n) is 3.81. The molecule has 2 saturated carbocycles. The summed E-state index contributed by atoms with van der Waals surface area (Å²) in [4.78, 5) is 11.1. The molecule has 0 heterocycles. The highest BCUT2D eigenvalue weighted by atomic mass is 16.4. The van der Waals surface area contributed by atoms with Gasteiger partial charge in [0.25, 0.3) is 0 Å². The summed E-state index contributed by atoms with van der Waals surface area (Å²) in [5.74, 6) is -1.65. The maximum Gasteiger partial charge on any atom is 0.331 e. The van der Waals surface area contributed by atoms with Gasteiger partial charge in [-0.25, -0.2) is 4.79 Å². The largest absolute Gasteiger partial charge is 0.478 e. The van der Waals surface area contributed by atoms with Gasteiger partial charge in [-0.15, -0.1) is 0 Å². The molecule has 4 nitrogen and oxygen atoms in total. The highest BCUT2D eigenvalue weighted by Gasteiger charge is 2.53. The van der Waals surface area contributed by atoms with E-state index in [1.165, 1.54) is 0 Å². The fourth-order valence-corrected chi connectivity index (χ4v) is 3.81. The van der Waals surface area contributed by atoms with Crippen LogP contribution >= 0.6 is 0 Å². The number of carbonyl (C=O) groups is 1. The van der Waals surface area contributed by atoms with Crippen molar-refractivity contribution < 1.29 is 20.1 Å². The van der Waals surface area contributed by atoms with Crippen molar-refractivity contribution in [3.8, 4) is 0 Å². The molecule has 0 radical (unpaired) electrons. The molecular weight excluding hydrogens is 244 g/mol. The molecule has 0 aromatic heterocycles. The predicted octanol–water partition coefficient (Wildman–Crippen LogP) is 1.73. The van der Waals surface area contributed by atoms with Crippen LogP contribution in [0.2, 0.25) is 0 Å². The van der Waals surface area contributed by atoms with Crippen molar-refractivity contribution in [2.45, 2.75) is 44.8 Å². The number of hydrogen-bond donors (Lipinski definition) is 3. The summed E-state index contributed by atoms with van der Waals surface area (Å²) in [6.45, 7) is 9.59. The van der Waals surface area contributed by atoms with Crippen molar-refractivity contribution in [3.05, 3.63) is 24.3 Å². The number of rotatable bonds is 2. The summed E-state index contributed by atoms with van der Waals surface area (Å²) in [6, 6.07) is 0. The SMILES string of the molecule is C=C(C(=O)O)[C@H]1C[C@H]2C(=C)CCC[C@]2(C)[C@@H](O)[C@H]1O. The van der Waals surface area contributed by atoms with E-state index in [2.05, 4.69) is 13.2 Å². The molecule has 4 heteroatoms. The van der Waals surface area contributed by atoms with Crippen molar-refractivity contribution in [1.29, 1.82) is 0 Å². The zero-order valence-corrected chi connectivity index (χ0v) is 11.3. The first-order valence-electron chi connectivity index (χ1n) is 6.75. The number of aliphatic hydroxyl groups is 2. The number of fused-ring (bicyclic) bond motifs is 1. The van der Waals surface area contributed by atoms with Crippen LogP contribution in [-0.2, 0) is 4.79 Å². The lowest BCUT2D eigenvalue weighted by Gasteiger charge is -2.53. The summed E-state index contributed by atoms with van der Waals surface area (Å²) in [6.07, 6.45) is 1.23. The van der Waals surface area contributed by atoms with Gasteiger partial charge in [-0.3, -0.25) is 0 Å². The van der Waals surface area contributed by atoms with Gasteiger partial charge in [0.1, 0.15) is 0 Å². The molecule has 2 aliphatic carbocycles. The van der Waals surface area contributed by atoms with Crippen molar-refractivity contribution >= 4 is 5.97 Å². The third-order valence-electron chi connectivity index (χ3n) is 5.13. The molecule has 3 N–H and O–H groups in total. The maximum absolute atomic E-state index is 11.1. The third-order valence-corrected chi connectivity index (χ3v) is 5.13. The first-order chi connectivity index (χ1) is 8.79. The second-order valence-electron chi connectivity index (χ2n) is 6.18. The minimum Gasteiger partial charge on any atom is -0.478 e. The summed E-state index contributed by atoms with van der Waals surface area (Å²) >= 11 is 0. The van der Waals surface area contributed by atoms with Gasteiger partial charge in [-0.05, 0) is 31.6 Å². The van der Waals surface area contributed by atoms with E-state index >= 15 is 0 Å². The molecule has 0 bridgehead atoms. The van der Waals surface area contributed by atoms with Gasteiger partial charge in [0.05, 0.1) is 12.2 Å². The van der Waals surface area contributed by atoms with Crippen LogP contribution in [0.25, 0.3) is 0 Å². The second kappa shape index (κ2) is 4.76. The molecule has 19 heavy (non-hydrogen) atoms. The molecular formula is C15H22O4. The van der Waals surface area contributed by atoms with E-state index in [1.807, 2.05) is 6.92 Å². The van der Waals surface area contributed by atoms with Crippen molar-refractivity contribution in [3.63, 3.8) is 0 Å². The number of hydrogen-bond acceptors (Lipinski definition) is 3. The Morgan fingerprint density at radius 3 is 2.63 bits per heavy atom. The fraction of sp³-hybridized carbons (Fsp3) is 0.667. The molecule has 0 aromatic carbocycles. The molecule has 2 rings (SSSR count). The van der Waals surface area contributed by atoms with Crippen LogP contribution in [0.15, 0.2) is 24.3 Å². The lowest BCUT2D eigenvalue weighted by molar-refractivity contribution is -0.147. The molecule has 0 amide bonds. The van der Waals surface area contributed by atoms with Crippen LogP contribution in [0, 0.1) is 17.3 Å². The Bertz CT molecular complexity index is 428. The van der Waals surface area contributed by atoms with Gasteiger partial charge in [-0.2, -0.15) is 0 Å². The zero-order chi connectivity index (χ0) is 14.4. The lowest BCUT2D eigenvalue weighted by Crippen LogP contribution is -2.56. The van der Waals surface area contributed by atoms with Gasteiger partial charge in [0, 0.05) is 16.9 Å². The predicted molar refractivity (Wildman–Crippen MR) is 71.5 cm³/mol. The average Bonchev–Trinajstić information content (AvgIpc) is 2.35. The van der Waals surface area contributed by atoms with Gasteiger partial charge in [0.15, 0.2) is 0 Å². The average molecular weight is 266 g/mol. The molecule has 0 unspecified atom stereocenters. The second-order valence-corrected chi connectivity index (χ2v) is 6.18. The smallest absolute Gasteiger partial charge is 0.331 e. The molecule has 2 aliphatic rings. The Labute approximate surface area is 113 Å². The van der Waals surface area contributed by atoms with Crippen molar-refractivity contribution in [2.24, 2.45) is 17.3 Å². The van der Waals surface area contributed by atoms with E-state index in [9.17, 15) is 15.0 Å². The first kappa shape index (κ1) is 14.3. The van der Waals surface area contributed by atoms with E-state index in [-0.39, 0.29) is 11.5 Å². The Kier molecular flexibility index (Phi) is 3.58. The van der Waals surface area contributed by atoms with Gasteiger partial charge in [-0.1, -0.05) is 25.7 Å². The zero-order valence-electron chi connectivity index (χ0n) is 11.3. The number of aliphatic hydroxyl groups excluding tert-OH is 2. The van der Waals surface area contributed by atoms with Gasteiger partial charge in [0.2, 0.25) is 0 Å². The van der Waals surface area contributed by atoms with Crippen LogP contribution in [0.3, 0.4) is 0 Å². The quantitative estimate of drug-likeness (QED) is 0.525. The Hall–Kier alpha value is -1.13. The highest BCUT2D eigenvalue weighted by molar-refractivity contribution is 5.86. The topological polar surface area (TPSA) is 77.8 Å². The van der Waals surface area contributed by atoms with Gasteiger partial charge >= 0.3 is 5.97 Å². The molecule has 0 aliphatic heterocycles. The summed E-state index contributed by atoms with van der Waals surface area (Å²) in [5, 5.41) is 29.7. The van der Waals surface area contributed by atoms with E-state index in [1.54, 1.807) is 0 Å². The standard InChI is InChI=1S/C15H22O4/c1-8-5-4-6-15(3)11(8)7-10(9(2)14(18)19)12(16)13(15)17/h10-13,16-17H,1-2,4-7H2,3H3,(H,18,19)/t10-,11+,12+,13+,15+/m1/s1. The Morgan fingerprint density at radius 1 is 1.42 bits per heavy atom. The Morgan fingerprint density at radius 2 is 2.05 bits per heavy atom.